The van der Waals surface area contributed by atoms with Crippen LogP contribution >= 0.6 is 0 Å². The minimum absolute atomic E-state index is 0.0840. The Hall–Kier alpha value is -1.20. The Kier molecular flexibility index (Phi) is 4.64. The van der Waals surface area contributed by atoms with E-state index in [9.17, 15) is 13.2 Å². The molecular formula is C10H16F3N3. The SMILES string of the molecule is CCCNc1nccn1CCCC(F)(F)F. The molecule has 1 aromatic heterocycles. The van der Waals surface area contributed by atoms with Crippen LogP contribution in [0, 0.1) is 0 Å². The van der Waals surface area contributed by atoms with Crippen molar-refractivity contribution in [3.05, 3.63) is 12.4 Å². The van der Waals surface area contributed by atoms with Crippen LogP contribution in [0.5, 0.6) is 0 Å². The zero-order chi connectivity index (χ0) is 12.0. The van der Waals surface area contributed by atoms with Crippen LogP contribution in [-0.2, 0) is 6.54 Å². The molecule has 0 saturated heterocycles. The van der Waals surface area contributed by atoms with E-state index in [1.54, 1.807) is 17.0 Å². The average molecular weight is 235 g/mol. The zero-order valence-corrected chi connectivity index (χ0v) is 9.22. The van der Waals surface area contributed by atoms with Gasteiger partial charge in [0, 0.05) is 31.9 Å². The molecule has 0 unspecified atom stereocenters. The Morgan fingerprint density at radius 3 is 2.81 bits per heavy atom. The van der Waals surface area contributed by atoms with Crippen molar-refractivity contribution in [2.45, 2.75) is 38.9 Å². The maximum Gasteiger partial charge on any atom is 0.389 e. The monoisotopic (exact) mass is 235 g/mol. The molecule has 0 saturated carbocycles. The first-order valence-corrected chi connectivity index (χ1v) is 5.34. The van der Waals surface area contributed by atoms with Crippen molar-refractivity contribution in [1.29, 1.82) is 0 Å². The van der Waals surface area contributed by atoms with Crippen molar-refractivity contribution in [3.63, 3.8) is 0 Å². The van der Waals surface area contributed by atoms with E-state index < -0.39 is 12.6 Å². The van der Waals surface area contributed by atoms with Gasteiger partial charge in [-0.15, -0.1) is 0 Å². The fraction of sp³-hybridized carbons (Fsp3) is 0.700. The molecule has 1 aromatic rings. The standard InChI is InChI=1S/C10H16F3N3/c1-2-5-14-9-15-6-8-16(9)7-3-4-10(11,12)13/h6,8H,2-5,7H2,1H3,(H,14,15). The lowest BCUT2D eigenvalue weighted by molar-refractivity contribution is -0.135. The van der Waals surface area contributed by atoms with Crippen LogP contribution in [0.25, 0.3) is 0 Å². The predicted molar refractivity (Wildman–Crippen MR) is 56.3 cm³/mol. The first kappa shape index (κ1) is 12.9. The number of anilines is 1. The summed E-state index contributed by atoms with van der Waals surface area (Å²) >= 11 is 0. The number of aromatic nitrogens is 2. The van der Waals surface area contributed by atoms with E-state index in [0.29, 0.717) is 12.5 Å². The lowest BCUT2D eigenvalue weighted by atomic mass is 10.3. The molecule has 92 valence electrons. The van der Waals surface area contributed by atoms with Gasteiger partial charge in [0.1, 0.15) is 0 Å². The molecule has 0 aliphatic heterocycles. The molecule has 0 spiro atoms. The van der Waals surface area contributed by atoms with Crippen LogP contribution in [0.3, 0.4) is 0 Å². The fourth-order valence-electron chi connectivity index (χ4n) is 1.34. The van der Waals surface area contributed by atoms with Gasteiger partial charge in [0.25, 0.3) is 0 Å². The van der Waals surface area contributed by atoms with Gasteiger partial charge < -0.3 is 9.88 Å². The number of halogens is 3. The highest BCUT2D eigenvalue weighted by atomic mass is 19.4. The van der Waals surface area contributed by atoms with Gasteiger partial charge >= 0.3 is 6.18 Å². The fourth-order valence-corrected chi connectivity index (χ4v) is 1.34. The van der Waals surface area contributed by atoms with E-state index >= 15 is 0 Å². The molecule has 1 N–H and O–H groups in total. The lowest BCUT2D eigenvalue weighted by Crippen LogP contribution is -2.11. The molecule has 0 fully saturated rings. The molecule has 1 rings (SSSR count). The van der Waals surface area contributed by atoms with Crippen LogP contribution in [0.1, 0.15) is 26.2 Å². The third-order valence-corrected chi connectivity index (χ3v) is 2.11. The maximum atomic E-state index is 11.9. The molecule has 0 aliphatic rings. The van der Waals surface area contributed by atoms with Crippen molar-refractivity contribution in [3.8, 4) is 0 Å². The van der Waals surface area contributed by atoms with Crippen LogP contribution in [0.15, 0.2) is 12.4 Å². The van der Waals surface area contributed by atoms with Gasteiger partial charge in [-0.3, -0.25) is 0 Å². The second kappa shape index (κ2) is 5.77. The maximum absolute atomic E-state index is 11.9. The summed E-state index contributed by atoms with van der Waals surface area (Å²) in [6, 6.07) is 0. The molecule has 1 heterocycles. The summed E-state index contributed by atoms with van der Waals surface area (Å²) in [6.45, 7) is 3.13. The molecule has 6 heteroatoms. The largest absolute Gasteiger partial charge is 0.389 e. The summed E-state index contributed by atoms with van der Waals surface area (Å²) < 4.78 is 37.6. The highest BCUT2D eigenvalue weighted by Crippen LogP contribution is 2.22. The van der Waals surface area contributed by atoms with Gasteiger partial charge in [0.2, 0.25) is 5.95 Å². The van der Waals surface area contributed by atoms with E-state index in [0.717, 1.165) is 13.0 Å². The second-order valence-corrected chi connectivity index (χ2v) is 3.59. The Morgan fingerprint density at radius 2 is 2.19 bits per heavy atom. The van der Waals surface area contributed by atoms with Gasteiger partial charge in [-0.2, -0.15) is 13.2 Å². The van der Waals surface area contributed by atoms with Crippen LogP contribution in [0.2, 0.25) is 0 Å². The van der Waals surface area contributed by atoms with Gasteiger partial charge in [0.05, 0.1) is 0 Å². The quantitative estimate of drug-likeness (QED) is 0.821. The smallest absolute Gasteiger partial charge is 0.356 e. The summed E-state index contributed by atoms with van der Waals surface area (Å²) in [4.78, 5) is 4.04. The summed E-state index contributed by atoms with van der Waals surface area (Å²) in [5.41, 5.74) is 0. The number of rotatable bonds is 6. The van der Waals surface area contributed by atoms with Crippen molar-refractivity contribution < 1.29 is 13.2 Å². The molecule has 0 atom stereocenters. The summed E-state index contributed by atoms with van der Waals surface area (Å²) in [6.07, 6.45) is -0.508. The number of hydrogen-bond donors (Lipinski definition) is 1. The second-order valence-electron chi connectivity index (χ2n) is 3.59. The normalized spacial score (nSPS) is 11.8. The zero-order valence-electron chi connectivity index (χ0n) is 9.22. The van der Waals surface area contributed by atoms with Gasteiger partial charge in [0.15, 0.2) is 0 Å². The number of nitrogens with one attached hydrogen (secondary N) is 1. The third kappa shape index (κ3) is 4.55. The van der Waals surface area contributed by atoms with Crippen LogP contribution < -0.4 is 5.32 Å². The van der Waals surface area contributed by atoms with E-state index in [1.165, 1.54) is 0 Å². The van der Waals surface area contributed by atoms with Gasteiger partial charge in [-0.05, 0) is 12.8 Å². The molecule has 0 amide bonds. The summed E-state index contributed by atoms with van der Waals surface area (Å²) in [7, 11) is 0. The topological polar surface area (TPSA) is 29.9 Å². The molecule has 0 bridgehead atoms. The van der Waals surface area contributed by atoms with Crippen LogP contribution in [-0.4, -0.2) is 22.3 Å². The molecule has 0 aliphatic carbocycles. The van der Waals surface area contributed by atoms with Crippen molar-refractivity contribution in [2.24, 2.45) is 0 Å². The van der Waals surface area contributed by atoms with Crippen molar-refractivity contribution >= 4 is 5.95 Å². The number of nitrogens with zero attached hydrogens (tertiary/aromatic N) is 2. The Morgan fingerprint density at radius 1 is 1.44 bits per heavy atom. The predicted octanol–water partition coefficient (Wildman–Crippen LogP) is 3.05. The molecule has 3 nitrogen and oxygen atoms in total. The average Bonchev–Trinajstić information content (AvgIpc) is 2.60. The first-order valence-electron chi connectivity index (χ1n) is 5.34. The number of hydrogen-bond acceptors (Lipinski definition) is 2. The van der Waals surface area contributed by atoms with E-state index in [-0.39, 0.29) is 6.42 Å². The minimum atomic E-state index is -4.07. The molecule has 16 heavy (non-hydrogen) atoms. The number of alkyl halides is 3. The number of imidazole rings is 1. The van der Waals surface area contributed by atoms with E-state index in [4.69, 9.17) is 0 Å². The summed E-state index contributed by atoms with van der Waals surface area (Å²) in [5, 5.41) is 3.06. The van der Waals surface area contributed by atoms with Gasteiger partial charge in [-0.25, -0.2) is 4.98 Å². The van der Waals surface area contributed by atoms with Crippen LogP contribution in [0.4, 0.5) is 19.1 Å². The number of aryl methyl sites for hydroxylation is 1. The van der Waals surface area contributed by atoms with Crippen molar-refractivity contribution in [1.82, 2.24) is 9.55 Å². The third-order valence-electron chi connectivity index (χ3n) is 2.11. The molecular weight excluding hydrogens is 219 g/mol. The van der Waals surface area contributed by atoms with E-state index in [2.05, 4.69) is 10.3 Å². The molecule has 0 aromatic carbocycles. The Bertz CT molecular complexity index is 307. The van der Waals surface area contributed by atoms with Gasteiger partial charge in [-0.1, -0.05) is 6.92 Å². The first-order chi connectivity index (χ1) is 7.53. The highest BCUT2D eigenvalue weighted by molar-refractivity contribution is 5.25. The Balaban J connectivity index is 2.38. The highest BCUT2D eigenvalue weighted by Gasteiger charge is 2.26. The Labute approximate surface area is 92.7 Å². The van der Waals surface area contributed by atoms with E-state index in [1.807, 2.05) is 6.92 Å². The summed E-state index contributed by atoms with van der Waals surface area (Å²) in [5.74, 6) is 0.643. The van der Waals surface area contributed by atoms with Crippen molar-refractivity contribution in [2.75, 3.05) is 11.9 Å². The lowest BCUT2D eigenvalue weighted by Gasteiger charge is -2.10. The molecule has 0 radical (unpaired) electrons. The minimum Gasteiger partial charge on any atom is -0.356 e.